The van der Waals surface area contributed by atoms with Gasteiger partial charge in [-0.15, -0.1) is 0 Å². The summed E-state index contributed by atoms with van der Waals surface area (Å²) in [5, 5.41) is 16.1. The molecule has 2 atom stereocenters. The second-order valence-electron chi connectivity index (χ2n) is 6.63. The molecule has 1 aliphatic heterocycles. The summed E-state index contributed by atoms with van der Waals surface area (Å²) in [6.45, 7) is 0.955. The second-order valence-corrected chi connectivity index (χ2v) is 7.06. The van der Waals surface area contributed by atoms with Crippen LogP contribution in [0.1, 0.15) is 38.4 Å². The largest absolute Gasteiger partial charge is 0.387 e. The van der Waals surface area contributed by atoms with Gasteiger partial charge in [0.05, 0.1) is 17.3 Å². The number of hydrogen-bond acceptors (Lipinski definition) is 3. The Morgan fingerprint density at radius 2 is 1.88 bits per heavy atom. The van der Waals surface area contributed by atoms with Crippen molar-refractivity contribution in [2.24, 2.45) is 0 Å². The number of fused-ring (bicyclic) bond motifs is 1. The lowest BCUT2D eigenvalue weighted by Gasteiger charge is -2.29. The fourth-order valence-corrected chi connectivity index (χ4v) is 3.76. The van der Waals surface area contributed by atoms with Gasteiger partial charge in [-0.3, -0.25) is 0 Å². The molecule has 4 rings (SSSR count). The summed E-state index contributed by atoms with van der Waals surface area (Å²) >= 11 is 6.21. The lowest BCUT2D eigenvalue weighted by atomic mass is 9.92. The van der Waals surface area contributed by atoms with Gasteiger partial charge in [-0.2, -0.15) is 0 Å². The van der Waals surface area contributed by atoms with E-state index < -0.39 is 6.10 Å². The van der Waals surface area contributed by atoms with Crippen LogP contribution in [0.25, 0.3) is 22.2 Å². The van der Waals surface area contributed by atoms with Crippen molar-refractivity contribution in [1.82, 2.24) is 10.3 Å². The topological polar surface area (TPSA) is 45.2 Å². The molecule has 1 aliphatic rings. The Hall–Kier alpha value is -1.94. The first-order valence-corrected chi connectivity index (χ1v) is 9.17. The minimum atomic E-state index is -0.577. The molecule has 3 aromatic rings. The molecule has 0 saturated carbocycles. The van der Waals surface area contributed by atoms with Crippen molar-refractivity contribution in [1.29, 1.82) is 0 Å². The minimum absolute atomic E-state index is 0. The highest BCUT2D eigenvalue weighted by Gasteiger charge is 2.25. The fraction of sp³-hybridized carbons (Fsp3) is 0.318. The molecule has 0 aliphatic carbocycles. The van der Waals surface area contributed by atoms with Crippen LogP contribution in [0.4, 0.5) is 0 Å². The average molecular weight is 369 g/mol. The number of nitrogens with zero attached hydrogens (tertiary/aromatic N) is 1. The Labute approximate surface area is 160 Å². The third-order valence-corrected chi connectivity index (χ3v) is 5.16. The Bertz CT molecular complexity index is 876. The van der Waals surface area contributed by atoms with E-state index in [2.05, 4.69) is 5.32 Å². The summed E-state index contributed by atoms with van der Waals surface area (Å²) in [5.74, 6) is 0. The number of aliphatic hydroxyl groups excluding tert-OH is 1. The maximum atomic E-state index is 11.1. The minimum Gasteiger partial charge on any atom is -0.387 e. The monoisotopic (exact) mass is 368 g/mol. The molecule has 0 spiro atoms. The quantitative estimate of drug-likeness (QED) is 0.653. The van der Waals surface area contributed by atoms with Crippen LogP contribution in [0.3, 0.4) is 0 Å². The lowest BCUT2D eigenvalue weighted by molar-refractivity contribution is 0.115. The van der Waals surface area contributed by atoms with Gasteiger partial charge in [0, 0.05) is 22.0 Å². The van der Waals surface area contributed by atoms with Crippen molar-refractivity contribution in [2.45, 2.75) is 38.8 Å². The third kappa shape index (κ3) is 3.75. The predicted molar refractivity (Wildman–Crippen MR) is 110 cm³/mol. The van der Waals surface area contributed by atoms with Crippen LogP contribution in [-0.4, -0.2) is 22.7 Å². The molecule has 2 aromatic carbocycles. The molecule has 0 bridgehead atoms. The second kappa shape index (κ2) is 8.17. The van der Waals surface area contributed by atoms with Crippen molar-refractivity contribution in [3.05, 3.63) is 65.2 Å². The molecule has 1 saturated heterocycles. The Morgan fingerprint density at radius 1 is 1.08 bits per heavy atom. The Balaban J connectivity index is 0.00000196. The molecular formula is C22H25ClN2O. The van der Waals surface area contributed by atoms with Gasteiger partial charge in [0.2, 0.25) is 0 Å². The van der Waals surface area contributed by atoms with Gasteiger partial charge in [0.15, 0.2) is 0 Å². The molecule has 0 amide bonds. The summed E-state index contributed by atoms with van der Waals surface area (Å²) in [6.07, 6.45) is 2.71. The van der Waals surface area contributed by atoms with Crippen molar-refractivity contribution in [3.63, 3.8) is 0 Å². The molecule has 136 valence electrons. The molecule has 26 heavy (non-hydrogen) atoms. The molecule has 1 fully saturated rings. The van der Waals surface area contributed by atoms with E-state index in [0.29, 0.717) is 5.02 Å². The fourth-order valence-electron chi connectivity index (χ4n) is 3.59. The van der Waals surface area contributed by atoms with Crippen molar-refractivity contribution >= 4 is 22.5 Å². The Morgan fingerprint density at radius 3 is 2.62 bits per heavy atom. The molecule has 4 heteroatoms. The molecule has 1 aromatic heterocycles. The standard InChI is InChI=1S/C21H21ClN2O.CH4/c22-15-9-10-18-16(12-15)17(21(25)19-8-4-5-11-23-19)13-20(24-18)14-6-2-1-3-7-14;/h1-3,6-7,9-10,12-13,19,21,23,25H,4-5,8,11H2;1H4. The van der Waals surface area contributed by atoms with Gasteiger partial charge < -0.3 is 10.4 Å². The van der Waals surface area contributed by atoms with Crippen LogP contribution in [0.15, 0.2) is 54.6 Å². The van der Waals surface area contributed by atoms with Crippen LogP contribution >= 0.6 is 11.6 Å². The summed E-state index contributed by atoms with van der Waals surface area (Å²) in [4.78, 5) is 4.78. The number of halogens is 1. The molecule has 2 heterocycles. The van der Waals surface area contributed by atoms with E-state index in [9.17, 15) is 5.11 Å². The van der Waals surface area contributed by atoms with Gasteiger partial charge in [-0.1, -0.05) is 55.8 Å². The first-order chi connectivity index (χ1) is 12.2. The van der Waals surface area contributed by atoms with Crippen molar-refractivity contribution < 1.29 is 5.11 Å². The van der Waals surface area contributed by atoms with Crippen LogP contribution in [0.5, 0.6) is 0 Å². The number of aliphatic hydroxyl groups is 1. The van der Waals surface area contributed by atoms with E-state index in [-0.39, 0.29) is 13.5 Å². The van der Waals surface area contributed by atoms with Gasteiger partial charge >= 0.3 is 0 Å². The maximum Gasteiger partial charge on any atom is 0.0950 e. The SMILES string of the molecule is C.OC(c1cc(-c2ccccc2)nc2ccc(Cl)cc12)C1CCCCN1. The van der Waals surface area contributed by atoms with Crippen LogP contribution in [0, 0.1) is 0 Å². The zero-order valence-corrected chi connectivity index (χ0v) is 14.7. The molecule has 3 nitrogen and oxygen atoms in total. The maximum absolute atomic E-state index is 11.1. The summed E-state index contributed by atoms with van der Waals surface area (Å²) in [6, 6.07) is 17.8. The van der Waals surface area contributed by atoms with Gasteiger partial charge in [0.1, 0.15) is 0 Å². The first-order valence-electron chi connectivity index (χ1n) is 8.79. The van der Waals surface area contributed by atoms with E-state index in [1.165, 1.54) is 6.42 Å². The number of piperidine rings is 1. The summed E-state index contributed by atoms with van der Waals surface area (Å²) in [5.41, 5.74) is 3.67. The van der Waals surface area contributed by atoms with E-state index in [1.54, 1.807) is 0 Å². The third-order valence-electron chi connectivity index (χ3n) is 4.92. The number of rotatable bonds is 3. The molecule has 0 radical (unpaired) electrons. The Kier molecular flexibility index (Phi) is 5.92. The van der Waals surface area contributed by atoms with E-state index >= 15 is 0 Å². The van der Waals surface area contributed by atoms with Gasteiger partial charge in [0.25, 0.3) is 0 Å². The van der Waals surface area contributed by atoms with Gasteiger partial charge in [-0.25, -0.2) is 4.98 Å². The van der Waals surface area contributed by atoms with Crippen LogP contribution in [0.2, 0.25) is 5.02 Å². The number of nitrogens with one attached hydrogen (secondary N) is 1. The normalized spacial score (nSPS) is 18.3. The van der Waals surface area contributed by atoms with Gasteiger partial charge in [-0.05, 0) is 49.2 Å². The number of hydrogen-bond donors (Lipinski definition) is 2. The first kappa shape index (κ1) is 18.8. The number of aromatic nitrogens is 1. The smallest absolute Gasteiger partial charge is 0.0950 e. The highest BCUT2D eigenvalue weighted by atomic mass is 35.5. The van der Waals surface area contributed by atoms with Crippen molar-refractivity contribution in [3.8, 4) is 11.3 Å². The zero-order valence-electron chi connectivity index (χ0n) is 14.0. The number of benzene rings is 2. The summed E-state index contributed by atoms with van der Waals surface area (Å²) in [7, 11) is 0. The number of pyridine rings is 1. The molecular weight excluding hydrogens is 344 g/mol. The van der Waals surface area contributed by atoms with Crippen LogP contribution < -0.4 is 5.32 Å². The average Bonchev–Trinajstić information content (AvgIpc) is 2.68. The zero-order chi connectivity index (χ0) is 17.2. The van der Waals surface area contributed by atoms with E-state index in [1.807, 2.05) is 54.6 Å². The lowest BCUT2D eigenvalue weighted by Crippen LogP contribution is -2.38. The van der Waals surface area contributed by atoms with Crippen LogP contribution in [-0.2, 0) is 0 Å². The highest BCUT2D eigenvalue weighted by molar-refractivity contribution is 6.31. The molecule has 2 N–H and O–H groups in total. The van der Waals surface area contributed by atoms with Crippen molar-refractivity contribution in [2.75, 3.05) is 6.54 Å². The molecule has 2 unspecified atom stereocenters. The van der Waals surface area contributed by atoms with E-state index in [4.69, 9.17) is 16.6 Å². The summed E-state index contributed by atoms with van der Waals surface area (Å²) < 4.78 is 0. The predicted octanol–water partition coefficient (Wildman–Crippen LogP) is 5.37. The highest BCUT2D eigenvalue weighted by Crippen LogP contribution is 2.33. The van der Waals surface area contributed by atoms with E-state index in [0.717, 1.165) is 47.1 Å².